The molecule has 2 N–H and O–H groups in total. The molecule has 1 amide bonds. The molecule has 5 rings (SSSR count). The summed E-state index contributed by atoms with van der Waals surface area (Å²) in [5.74, 6) is -4.01. The minimum absolute atomic E-state index is 0.0362. The first-order chi connectivity index (χ1) is 19.8. The maximum Gasteiger partial charge on any atom is 0.417 e. The average Bonchev–Trinajstić information content (AvgIpc) is 3.41. The van der Waals surface area contributed by atoms with Gasteiger partial charge in [-0.15, -0.1) is 0 Å². The summed E-state index contributed by atoms with van der Waals surface area (Å²) in [7, 11) is 1.88. The molecule has 0 spiro atoms. The first-order valence-corrected chi connectivity index (χ1v) is 12.8. The maximum absolute atomic E-state index is 16.3. The molecule has 0 unspecified atom stereocenters. The lowest BCUT2D eigenvalue weighted by Crippen LogP contribution is -2.50. The zero-order chi connectivity index (χ0) is 30.3. The number of nitrogens with one attached hydrogen (secondary N) is 2. The normalized spacial score (nSPS) is 17.9. The van der Waals surface area contributed by atoms with Gasteiger partial charge in [-0.05, 0) is 19.5 Å². The number of carbonyl (C=O) groups is 1. The van der Waals surface area contributed by atoms with Crippen LogP contribution in [0.1, 0.15) is 28.4 Å². The predicted octanol–water partition coefficient (Wildman–Crippen LogP) is 3.90. The van der Waals surface area contributed by atoms with Crippen molar-refractivity contribution < 1.29 is 31.1 Å². The molecule has 0 radical (unpaired) electrons. The number of carbonyl (C=O) groups excluding carboxylic acids is 1. The van der Waals surface area contributed by atoms with Gasteiger partial charge < -0.3 is 25.0 Å². The van der Waals surface area contributed by atoms with Crippen LogP contribution < -0.4 is 20.7 Å². The van der Waals surface area contributed by atoms with E-state index in [0.29, 0.717) is 25.8 Å². The Kier molecular flexibility index (Phi) is 7.70. The Morgan fingerprint density at radius 2 is 1.81 bits per heavy atom. The number of rotatable bonds is 5. The van der Waals surface area contributed by atoms with Gasteiger partial charge >= 0.3 is 6.18 Å². The molecule has 0 aliphatic carbocycles. The van der Waals surface area contributed by atoms with Crippen molar-refractivity contribution in [2.24, 2.45) is 0 Å². The number of aromatic nitrogens is 3. The van der Waals surface area contributed by atoms with Crippen LogP contribution in [0.4, 0.5) is 43.7 Å². The molecule has 2 aliphatic heterocycles. The van der Waals surface area contributed by atoms with Gasteiger partial charge in [-0.2, -0.15) is 13.2 Å². The standard InChI is InChI=1S/C27H25F6N7O2/c1-14-12-39(6-5-38(14)2)20-8-19(29)22(15-3-4-40(13-15)26-35-9-16(28)10-36-26)23(30)24(20)37-25(42)17-11-34-21(41)7-18(17)27(31,32)33/h3,7-11,14H,4-6,12-13H2,1-2H3,(H,34,41)(H,37,42)/t14-/m0/s1. The first kappa shape index (κ1) is 29.1. The van der Waals surface area contributed by atoms with Crippen LogP contribution in [0, 0.1) is 17.5 Å². The lowest BCUT2D eigenvalue weighted by Gasteiger charge is -2.40. The topological polar surface area (TPSA) is 97.5 Å². The number of piperazine rings is 1. The third-order valence-corrected chi connectivity index (χ3v) is 7.34. The van der Waals surface area contributed by atoms with Gasteiger partial charge in [0.25, 0.3) is 5.91 Å². The van der Waals surface area contributed by atoms with Crippen molar-refractivity contribution in [2.75, 3.05) is 54.9 Å². The lowest BCUT2D eigenvalue weighted by atomic mass is 10.0. The van der Waals surface area contributed by atoms with Crippen molar-refractivity contribution in [3.63, 3.8) is 0 Å². The monoisotopic (exact) mass is 593 g/mol. The SMILES string of the molecule is C[C@H]1CN(c2cc(F)c(C3=CCN(c4ncc(F)cn4)C3)c(F)c2NC(=O)c2c[nH]c(=O)cc2C(F)(F)F)CCN1C. The molecule has 1 saturated heterocycles. The van der Waals surface area contributed by atoms with Crippen molar-refractivity contribution in [3.05, 3.63) is 81.3 Å². The Hall–Kier alpha value is -4.40. The number of hydrogen-bond acceptors (Lipinski definition) is 7. The summed E-state index contributed by atoms with van der Waals surface area (Å²) in [5.41, 5.74) is -4.39. The van der Waals surface area contributed by atoms with Crippen molar-refractivity contribution in [3.8, 4) is 0 Å². The highest BCUT2D eigenvalue weighted by molar-refractivity contribution is 6.07. The third kappa shape index (κ3) is 5.68. The van der Waals surface area contributed by atoms with Crippen LogP contribution in [0.2, 0.25) is 0 Å². The Morgan fingerprint density at radius 1 is 1.10 bits per heavy atom. The summed E-state index contributed by atoms with van der Waals surface area (Å²) in [6.07, 6.45) is -1.04. The summed E-state index contributed by atoms with van der Waals surface area (Å²) in [6, 6.07) is 1.24. The number of likely N-dealkylation sites (N-methyl/N-ethyl adjacent to an activating group) is 1. The molecule has 9 nitrogen and oxygen atoms in total. The highest BCUT2D eigenvalue weighted by Gasteiger charge is 2.37. The number of alkyl halides is 3. The molecule has 0 bridgehead atoms. The second-order valence-electron chi connectivity index (χ2n) is 10.1. The fourth-order valence-electron chi connectivity index (χ4n) is 4.97. The van der Waals surface area contributed by atoms with Crippen molar-refractivity contribution in [2.45, 2.75) is 19.1 Å². The van der Waals surface area contributed by atoms with Crippen LogP contribution in [0.5, 0.6) is 0 Å². The Labute approximate surface area is 235 Å². The molecule has 0 saturated carbocycles. The molecular formula is C27H25F6N7O2. The molecule has 2 aromatic heterocycles. The van der Waals surface area contributed by atoms with E-state index in [4.69, 9.17) is 0 Å². The zero-order valence-corrected chi connectivity index (χ0v) is 22.4. The van der Waals surface area contributed by atoms with Gasteiger partial charge in [0.2, 0.25) is 11.5 Å². The number of amides is 1. The van der Waals surface area contributed by atoms with Crippen LogP contribution in [-0.2, 0) is 6.18 Å². The summed E-state index contributed by atoms with van der Waals surface area (Å²) < 4.78 is 86.2. The number of nitrogens with zero attached hydrogens (tertiary/aromatic N) is 5. The van der Waals surface area contributed by atoms with Crippen LogP contribution in [-0.4, -0.2) is 71.6 Å². The smallest absolute Gasteiger partial charge is 0.367 e. The van der Waals surface area contributed by atoms with Crippen LogP contribution in [0.3, 0.4) is 0 Å². The number of hydrogen-bond donors (Lipinski definition) is 2. The van der Waals surface area contributed by atoms with E-state index >= 15 is 8.78 Å². The maximum atomic E-state index is 16.3. The molecule has 3 aromatic rings. The van der Waals surface area contributed by atoms with E-state index in [0.717, 1.165) is 18.5 Å². The average molecular weight is 594 g/mol. The molecule has 15 heteroatoms. The van der Waals surface area contributed by atoms with E-state index in [1.54, 1.807) is 4.90 Å². The van der Waals surface area contributed by atoms with E-state index < -0.39 is 57.5 Å². The highest BCUT2D eigenvalue weighted by Crippen LogP contribution is 2.39. The van der Waals surface area contributed by atoms with Crippen molar-refractivity contribution in [1.29, 1.82) is 0 Å². The van der Waals surface area contributed by atoms with E-state index in [1.165, 1.54) is 11.0 Å². The third-order valence-electron chi connectivity index (χ3n) is 7.34. The second-order valence-corrected chi connectivity index (χ2v) is 10.1. The first-order valence-electron chi connectivity index (χ1n) is 12.8. The minimum atomic E-state index is -5.05. The second kappa shape index (κ2) is 11.1. The van der Waals surface area contributed by atoms with E-state index in [1.807, 2.05) is 23.9 Å². The number of aromatic amines is 1. The van der Waals surface area contributed by atoms with Gasteiger partial charge in [-0.25, -0.2) is 23.1 Å². The number of anilines is 3. The van der Waals surface area contributed by atoms with Crippen molar-refractivity contribution in [1.82, 2.24) is 19.9 Å². The van der Waals surface area contributed by atoms with E-state index in [-0.39, 0.29) is 42.4 Å². The van der Waals surface area contributed by atoms with Crippen LogP contribution >= 0.6 is 0 Å². The molecule has 1 atom stereocenters. The fraction of sp³-hybridized carbons (Fsp3) is 0.333. The fourth-order valence-corrected chi connectivity index (χ4v) is 4.97. The molecule has 222 valence electrons. The largest absolute Gasteiger partial charge is 0.417 e. The molecule has 2 aliphatic rings. The van der Waals surface area contributed by atoms with Crippen LogP contribution in [0.25, 0.3) is 5.57 Å². The van der Waals surface area contributed by atoms with Gasteiger partial charge in [-0.3, -0.25) is 9.59 Å². The molecule has 4 heterocycles. The molecule has 42 heavy (non-hydrogen) atoms. The zero-order valence-electron chi connectivity index (χ0n) is 22.4. The number of pyridine rings is 1. The molecular weight excluding hydrogens is 568 g/mol. The van der Waals surface area contributed by atoms with Crippen LogP contribution in [0.15, 0.2) is 41.6 Å². The Morgan fingerprint density at radius 3 is 2.48 bits per heavy atom. The van der Waals surface area contributed by atoms with Gasteiger partial charge in [-0.1, -0.05) is 6.08 Å². The lowest BCUT2D eigenvalue weighted by molar-refractivity contribution is -0.138. The minimum Gasteiger partial charge on any atom is -0.367 e. The summed E-state index contributed by atoms with van der Waals surface area (Å²) >= 11 is 0. The highest BCUT2D eigenvalue weighted by atomic mass is 19.4. The van der Waals surface area contributed by atoms with Gasteiger partial charge in [0, 0.05) is 57.1 Å². The quantitative estimate of drug-likeness (QED) is 0.434. The Balaban J connectivity index is 1.56. The van der Waals surface area contributed by atoms with E-state index in [2.05, 4.69) is 15.3 Å². The van der Waals surface area contributed by atoms with Crippen molar-refractivity contribution >= 4 is 28.8 Å². The molecule has 1 aromatic carbocycles. The number of benzene rings is 1. The van der Waals surface area contributed by atoms with Gasteiger partial charge in [0.05, 0.1) is 34.8 Å². The van der Waals surface area contributed by atoms with Gasteiger partial charge in [0.15, 0.2) is 11.6 Å². The Bertz CT molecular complexity index is 1610. The number of halogens is 6. The number of H-pyrrole nitrogens is 1. The molecule has 1 fully saturated rings. The predicted molar refractivity (Wildman–Crippen MR) is 143 cm³/mol. The summed E-state index contributed by atoms with van der Waals surface area (Å²) in [5, 5.41) is 2.23. The van der Waals surface area contributed by atoms with E-state index in [9.17, 15) is 27.2 Å². The summed E-state index contributed by atoms with van der Waals surface area (Å²) in [4.78, 5) is 39.8. The van der Waals surface area contributed by atoms with Gasteiger partial charge in [0.1, 0.15) is 11.5 Å². The summed E-state index contributed by atoms with van der Waals surface area (Å²) in [6.45, 7) is 3.16.